The second-order valence-corrected chi connectivity index (χ2v) is 6.35. The van der Waals surface area contributed by atoms with Crippen molar-refractivity contribution in [1.29, 1.82) is 0 Å². The molecule has 1 atom stereocenters. The molecule has 0 saturated carbocycles. The predicted molar refractivity (Wildman–Crippen MR) is 93.6 cm³/mol. The first-order valence-electron chi connectivity index (χ1n) is 8.04. The van der Waals surface area contributed by atoms with Gasteiger partial charge in [0.2, 0.25) is 5.91 Å². The van der Waals surface area contributed by atoms with Gasteiger partial charge in [0.05, 0.1) is 12.8 Å². The lowest BCUT2D eigenvalue weighted by Gasteiger charge is -2.24. The van der Waals surface area contributed by atoms with Crippen LogP contribution in [-0.4, -0.2) is 25.3 Å². The number of amides is 1. The molecule has 3 rings (SSSR count). The molecule has 0 N–H and O–H groups in total. The number of Topliss-reactive ketones (excluding diaryl/α,β-unsaturated/α-hetero) is 1. The van der Waals surface area contributed by atoms with Crippen LogP contribution in [0.5, 0.6) is 5.75 Å². The van der Waals surface area contributed by atoms with E-state index < -0.39 is 5.41 Å². The third-order valence-corrected chi connectivity index (χ3v) is 4.82. The lowest BCUT2D eigenvalue weighted by molar-refractivity contribution is -0.122. The zero-order valence-corrected chi connectivity index (χ0v) is 14.2. The largest absolute Gasteiger partial charge is 0.495 e. The highest BCUT2D eigenvalue weighted by Crippen LogP contribution is 2.40. The number of aryl methyl sites for hydroxylation is 1. The average molecular weight is 323 g/mol. The van der Waals surface area contributed by atoms with Crippen LogP contribution >= 0.6 is 0 Å². The molecule has 1 aliphatic rings. The molecule has 1 saturated heterocycles. The molecule has 4 nitrogen and oxygen atoms in total. The fourth-order valence-corrected chi connectivity index (χ4v) is 3.26. The minimum absolute atomic E-state index is 0.108. The predicted octanol–water partition coefficient (Wildman–Crippen LogP) is 3.63. The molecule has 1 unspecified atom stereocenters. The van der Waals surface area contributed by atoms with Gasteiger partial charge < -0.3 is 9.64 Å². The van der Waals surface area contributed by atoms with Crippen LogP contribution in [0.1, 0.15) is 29.3 Å². The standard InChI is InChI=1S/C20H21NO3/c1-14-8-4-5-9-15(14)18(22)20(2)12-13-21(19(20)23)16-10-6-7-11-17(16)24-3/h4-11H,12-13H2,1-3H3. The van der Waals surface area contributed by atoms with E-state index in [0.717, 1.165) is 5.56 Å². The Kier molecular flexibility index (Phi) is 4.14. The van der Waals surface area contributed by atoms with Crippen LogP contribution in [0.25, 0.3) is 0 Å². The molecule has 2 aromatic carbocycles. The van der Waals surface area contributed by atoms with Crippen LogP contribution in [0.2, 0.25) is 0 Å². The number of hydrogen-bond acceptors (Lipinski definition) is 3. The molecule has 124 valence electrons. The Morgan fingerprint density at radius 2 is 1.79 bits per heavy atom. The van der Waals surface area contributed by atoms with E-state index >= 15 is 0 Å². The van der Waals surface area contributed by atoms with E-state index in [1.807, 2.05) is 49.4 Å². The summed E-state index contributed by atoms with van der Waals surface area (Å²) in [6.07, 6.45) is 0.497. The zero-order valence-electron chi connectivity index (χ0n) is 14.2. The number of nitrogens with zero attached hydrogens (tertiary/aromatic N) is 1. The fraction of sp³-hybridized carbons (Fsp3) is 0.300. The molecular weight excluding hydrogens is 302 g/mol. The van der Waals surface area contributed by atoms with Crippen LogP contribution < -0.4 is 9.64 Å². The van der Waals surface area contributed by atoms with Crippen molar-refractivity contribution < 1.29 is 14.3 Å². The summed E-state index contributed by atoms with van der Waals surface area (Å²) in [5.74, 6) is 0.363. The van der Waals surface area contributed by atoms with Gasteiger partial charge in [-0.3, -0.25) is 9.59 Å². The van der Waals surface area contributed by atoms with Crippen molar-refractivity contribution in [3.63, 3.8) is 0 Å². The van der Waals surface area contributed by atoms with E-state index in [9.17, 15) is 9.59 Å². The number of para-hydroxylation sites is 2. The van der Waals surface area contributed by atoms with Gasteiger partial charge in [0, 0.05) is 12.1 Å². The summed E-state index contributed by atoms with van der Waals surface area (Å²) in [4.78, 5) is 27.8. The zero-order chi connectivity index (χ0) is 17.3. The van der Waals surface area contributed by atoms with Crippen LogP contribution in [0.3, 0.4) is 0 Å². The molecule has 1 aliphatic heterocycles. The van der Waals surface area contributed by atoms with Crippen molar-refractivity contribution in [2.45, 2.75) is 20.3 Å². The second kappa shape index (κ2) is 6.11. The van der Waals surface area contributed by atoms with Gasteiger partial charge in [0.25, 0.3) is 0 Å². The van der Waals surface area contributed by atoms with Gasteiger partial charge in [-0.2, -0.15) is 0 Å². The number of ether oxygens (including phenoxy) is 1. The lowest BCUT2D eigenvalue weighted by Crippen LogP contribution is -2.38. The maximum atomic E-state index is 13.1. The summed E-state index contributed by atoms with van der Waals surface area (Å²) in [5, 5.41) is 0. The summed E-state index contributed by atoms with van der Waals surface area (Å²) in [5.41, 5.74) is 1.20. The second-order valence-electron chi connectivity index (χ2n) is 6.35. The Balaban J connectivity index is 1.96. The SMILES string of the molecule is COc1ccccc1N1CCC(C)(C(=O)c2ccccc2C)C1=O. The van der Waals surface area contributed by atoms with E-state index in [2.05, 4.69) is 0 Å². The molecule has 1 heterocycles. The van der Waals surface area contributed by atoms with Gasteiger partial charge >= 0.3 is 0 Å². The third-order valence-electron chi connectivity index (χ3n) is 4.82. The number of carbonyl (C=O) groups excluding carboxylic acids is 2. The first-order valence-corrected chi connectivity index (χ1v) is 8.04. The molecule has 0 aromatic heterocycles. The van der Waals surface area contributed by atoms with Crippen molar-refractivity contribution in [1.82, 2.24) is 0 Å². The Bertz CT molecular complexity index is 799. The van der Waals surface area contributed by atoms with E-state index in [1.54, 1.807) is 25.0 Å². The van der Waals surface area contributed by atoms with Gasteiger partial charge in [-0.25, -0.2) is 0 Å². The van der Waals surface area contributed by atoms with Gasteiger partial charge in [-0.15, -0.1) is 0 Å². The van der Waals surface area contributed by atoms with Crippen LogP contribution in [0.4, 0.5) is 5.69 Å². The topological polar surface area (TPSA) is 46.6 Å². The number of carbonyl (C=O) groups is 2. The summed E-state index contributed by atoms with van der Waals surface area (Å²) >= 11 is 0. The fourth-order valence-electron chi connectivity index (χ4n) is 3.26. The monoisotopic (exact) mass is 323 g/mol. The van der Waals surface area contributed by atoms with Gasteiger partial charge in [0.1, 0.15) is 11.2 Å². The first kappa shape index (κ1) is 16.2. The maximum absolute atomic E-state index is 13.1. The molecule has 24 heavy (non-hydrogen) atoms. The summed E-state index contributed by atoms with van der Waals surface area (Å²) in [6, 6.07) is 14.8. The van der Waals surface area contributed by atoms with Crippen LogP contribution in [-0.2, 0) is 4.79 Å². The van der Waals surface area contributed by atoms with E-state index in [4.69, 9.17) is 4.74 Å². The highest BCUT2D eigenvalue weighted by Gasteiger charge is 2.49. The number of hydrogen-bond donors (Lipinski definition) is 0. The number of ketones is 1. The first-order chi connectivity index (χ1) is 11.5. The molecule has 0 bridgehead atoms. The Morgan fingerprint density at radius 3 is 2.50 bits per heavy atom. The summed E-state index contributed by atoms with van der Waals surface area (Å²) in [7, 11) is 1.58. The normalized spacial score (nSPS) is 20.3. The maximum Gasteiger partial charge on any atom is 0.240 e. The smallest absolute Gasteiger partial charge is 0.240 e. The van der Waals surface area contributed by atoms with Gasteiger partial charge in [-0.05, 0) is 38.0 Å². The van der Waals surface area contributed by atoms with Gasteiger partial charge in [0.15, 0.2) is 5.78 Å². The minimum Gasteiger partial charge on any atom is -0.495 e. The average Bonchev–Trinajstić information content (AvgIpc) is 2.91. The molecule has 0 aliphatic carbocycles. The number of methoxy groups -OCH3 is 1. The van der Waals surface area contributed by atoms with E-state index in [1.165, 1.54) is 0 Å². The molecular formula is C20H21NO3. The molecule has 4 heteroatoms. The molecule has 0 radical (unpaired) electrons. The number of rotatable bonds is 4. The molecule has 1 amide bonds. The van der Waals surface area contributed by atoms with Crippen LogP contribution in [0.15, 0.2) is 48.5 Å². The van der Waals surface area contributed by atoms with Crippen molar-refractivity contribution in [3.05, 3.63) is 59.7 Å². The Morgan fingerprint density at radius 1 is 1.12 bits per heavy atom. The highest BCUT2D eigenvalue weighted by molar-refractivity contribution is 6.19. The number of anilines is 1. The third kappa shape index (κ3) is 2.48. The highest BCUT2D eigenvalue weighted by atomic mass is 16.5. The number of benzene rings is 2. The molecule has 0 spiro atoms. The van der Waals surface area contributed by atoms with E-state index in [0.29, 0.717) is 30.0 Å². The van der Waals surface area contributed by atoms with Crippen LogP contribution in [0, 0.1) is 12.3 Å². The summed E-state index contributed by atoms with van der Waals surface area (Å²) < 4.78 is 5.36. The Labute approximate surface area is 142 Å². The van der Waals surface area contributed by atoms with Gasteiger partial charge in [-0.1, -0.05) is 36.4 Å². The van der Waals surface area contributed by atoms with Crippen molar-refractivity contribution in [2.24, 2.45) is 5.41 Å². The Hall–Kier alpha value is -2.62. The lowest BCUT2D eigenvalue weighted by atomic mass is 9.79. The van der Waals surface area contributed by atoms with E-state index in [-0.39, 0.29) is 11.7 Å². The quantitative estimate of drug-likeness (QED) is 0.637. The molecule has 1 fully saturated rings. The summed E-state index contributed by atoms with van der Waals surface area (Å²) in [6.45, 7) is 4.15. The minimum atomic E-state index is -1.03. The van der Waals surface area contributed by atoms with Crippen molar-refractivity contribution >= 4 is 17.4 Å². The van der Waals surface area contributed by atoms with Crippen molar-refractivity contribution in [2.75, 3.05) is 18.6 Å². The van der Waals surface area contributed by atoms with Crippen molar-refractivity contribution in [3.8, 4) is 5.75 Å². The molecule has 2 aromatic rings.